The van der Waals surface area contributed by atoms with Gasteiger partial charge >= 0.3 is 0 Å². The number of aromatic nitrogens is 2. The van der Waals surface area contributed by atoms with E-state index in [4.69, 9.17) is 11.0 Å². The van der Waals surface area contributed by atoms with Gasteiger partial charge in [0.1, 0.15) is 6.07 Å². The lowest BCUT2D eigenvalue weighted by Crippen LogP contribution is -2.00. The van der Waals surface area contributed by atoms with Gasteiger partial charge in [-0.2, -0.15) is 5.26 Å². The molecule has 102 valence electrons. The predicted octanol–water partition coefficient (Wildman–Crippen LogP) is 3.59. The quantitative estimate of drug-likeness (QED) is 0.744. The molecule has 0 amide bonds. The van der Waals surface area contributed by atoms with Gasteiger partial charge in [-0.15, -0.1) is 0 Å². The average molecular weight is 340 g/mol. The van der Waals surface area contributed by atoms with Gasteiger partial charge in [-0.25, -0.2) is 4.98 Å². The van der Waals surface area contributed by atoms with Gasteiger partial charge in [0.15, 0.2) is 5.82 Å². The highest BCUT2D eigenvalue weighted by Gasteiger charge is 2.07. The normalized spacial score (nSPS) is 10.3. The van der Waals surface area contributed by atoms with Crippen molar-refractivity contribution in [2.75, 3.05) is 11.1 Å². The van der Waals surface area contributed by atoms with E-state index in [0.717, 1.165) is 21.1 Å². The second-order valence-corrected chi connectivity index (χ2v) is 5.35. The molecule has 0 aliphatic carbocycles. The van der Waals surface area contributed by atoms with E-state index in [0.29, 0.717) is 17.1 Å². The Kier molecular flexibility index (Phi) is 3.42. The number of nitrogens with zero attached hydrogens (tertiary/aromatic N) is 3. The fraction of sp³-hybridized carbons (Fsp3) is 0. The fourth-order valence-electron chi connectivity index (χ4n) is 2.01. The number of nitrogen functional groups attached to an aromatic ring is 1. The minimum absolute atomic E-state index is 0.420. The number of nitriles is 1. The summed E-state index contributed by atoms with van der Waals surface area (Å²) in [4.78, 5) is 8.58. The minimum Gasteiger partial charge on any atom is -0.396 e. The van der Waals surface area contributed by atoms with Crippen LogP contribution in [0, 0.1) is 11.3 Å². The van der Waals surface area contributed by atoms with Gasteiger partial charge < -0.3 is 11.1 Å². The molecule has 0 unspecified atom stereocenters. The zero-order valence-electron chi connectivity index (χ0n) is 10.8. The van der Waals surface area contributed by atoms with Crippen LogP contribution in [-0.2, 0) is 0 Å². The fourth-order valence-corrected chi connectivity index (χ4v) is 2.36. The number of nitrogens with two attached hydrogens (primary N) is 1. The van der Waals surface area contributed by atoms with Crippen molar-refractivity contribution in [1.82, 2.24) is 9.97 Å². The third-order valence-electron chi connectivity index (χ3n) is 2.98. The second-order valence-electron chi connectivity index (χ2n) is 4.43. The molecule has 0 saturated carbocycles. The SMILES string of the molecule is N#Cc1cnc(Nc2cccc3cc(Br)cnc23)c(N)c1. The molecule has 0 radical (unpaired) electrons. The molecule has 2 aromatic heterocycles. The van der Waals surface area contributed by atoms with Crippen LogP contribution in [0.4, 0.5) is 17.2 Å². The molecule has 0 spiro atoms. The molecule has 3 aromatic rings. The molecular weight excluding hydrogens is 330 g/mol. The van der Waals surface area contributed by atoms with Gasteiger partial charge in [-0.3, -0.25) is 4.98 Å². The molecular formula is C15H10BrN5. The van der Waals surface area contributed by atoms with Gasteiger partial charge in [-0.05, 0) is 34.1 Å². The topological polar surface area (TPSA) is 87.6 Å². The molecule has 0 atom stereocenters. The van der Waals surface area contributed by atoms with Crippen molar-refractivity contribution < 1.29 is 0 Å². The van der Waals surface area contributed by atoms with Crippen LogP contribution in [-0.4, -0.2) is 9.97 Å². The van der Waals surface area contributed by atoms with E-state index in [9.17, 15) is 0 Å². The van der Waals surface area contributed by atoms with E-state index in [1.807, 2.05) is 30.3 Å². The highest BCUT2D eigenvalue weighted by atomic mass is 79.9. The molecule has 3 N–H and O–H groups in total. The lowest BCUT2D eigenvalue weighted by atomic mass is 10.2. The molecule has 2 heterocycles. The molecule has 1 aromatic carbocycles. The minimum atomic E-state index is 0.420. The maximum Gasteiger partial charge on any atom is 0.153 e. The van der Waals surface area contributed by atoms with Crippen molar-refractivity contribution in [3.63, 3.8) is 0 Å². The molecule has 3 rings (SSSR count). The Morgan fingerprint density at radius 1 is 1.19 bits per heavy atom. The summed E-state index contributed by atoms with van der Waals surface area (Å²) in [6.45, 7) is 0. The summed E-state index contributed by atoms with van der Waals surface area (Å²) in [5.74, 6) is 0.506. The molecule has 0 fully saturated rings. The van der Waals surface area contributed by atoms with Crippen molar-refractivity contribution in [3.8, 4) is 6.07 Å². The van der Waals surface area contributed by atoms with Gasteiger partial charge in [0.05, 0.1) is 22.5 Å². The third-order valence-corrected chi connectivity index (χ3v) is 3.41. The highest BCUT2D eigenvalue weighted by Crippen LogP contribution is 2.28. The van der Waals surface area contributed by atoms with E-state index in [1.165, 1.54) is 6.20 Å². The number of para-hydroxylation sites is 1. The van der Waals surface area contributed by atoms with Gasteiger partial charge in [0, 0.05) is 22.3 Å². The average Bonchev–Trinajstić information content (AvgIpc) is 2.49. The third kappa shape index (κ3) is 2.64. The molecule has 0 saturated heterocycles. The molecule has 5 nitrogen and oxygen atoms in total. The Balaban J connectivity index is 2.04. The number of halogens is 1. The Bertz CT molecular complexity index is 870. The summed E-state index contributed by atoms with van der Waals surface area (Å²) in [7, 11) is 0. The first kappa shape index (κ1) is 13.3. The summed E-state index contributed by atoms with van der Waals surface area (Å²) < 4.78 is 0.920. The van der Waals surface area contributed by atoms with Crippen LogP contribution in [0.5, 0.6) is 0 Å². The van der Waals surface area contributed by atoms with Crippen molar-refractivity contribution in [1.29, 1.82) is 5.26 Å². The van der Waals surface area contributed by atoms with E-state index in [2.05, 4.69) is 31.2 Å². The van der Waals surface area contributed by atoms with Crippen LogP contribution in [0.15, 0.2) is 47.2 Å². The van der Waals surface area contributed by atoms with Crippen LogP contribution < -0.4 is 11.1 Å². The van der Waals surface area contributed by atoms with Crippen LogP contribution in [0.2, 0.25) is 0 Å². The molecule has 21 heavy (non-hydrogen) atoms. The van der Waals surface area contributed by atoms with Gasteiger partial charge in [-0.1, -0.05) is 12.1 Å². The predicted molar refractivity (Wildman–Crippen MR) is 86.1 cm³/mol. The summed E-state index contributed by atoms with van der Waals surface area (Å²) in [6.07, 6.45) is 3.22. The Morgan fingerprint density at radius 3 is 2.81 bits per heavy atom. The molecule has 0 aliphatic rings. The summed E-state index contributed by atoms with van der Waals surface area (Å²) in [5.41, 5.74) is 8.39. The summed E-state index contributed by atoms with van der Waals surface area (Å²) in [6, 6.07) is 11.4. The molecule has 0 aliphatic heterocycles. The molecule has 6 heteroatoms. The Hall–Kier alpha value is -2.65. The maximum absolute atomic E-state index is 8.83. The first-order chi connectivity index (χ1) is 10.2. The van der Waals surface area contributed by atoms with Crippen LogP contribution in [0.1, 0.15) is 5.56 Å². The monoisotopic (exact) mass is 339 g/mol. The largest absolute Gasteiger partial charge is 0.396 e. The van der Waals surface area contributed by atoms with E-state index in [-0.39, 0.29) is 0 Å². The Labute approximate surface area is 129 Å². The van der Waals surface area contributed by atoms with Gasteiger partial charge in [0.25, 0.3) is 0 Å². The first-order valence-electron chi connectivity index (χ1n) is 6.14. The highest BCUT2D eigenvalue weighted by molar-refractivity contribution is 9.10. The van der Waals surface area contributed by atoms with Crippen LogP contribution in [0.25, 0.3) is 10.9 Å². The lowest BCUT2D eigenvalue weighted by molar-refractivity contribution is 1.29. The number of hydrogen-bond donors (Lipinski definition) is 2. The summed E-state index contributed by atoms with van der Waals surface area (Å²) >= 11 is 3.41. The first-order valence-corrected chi connectivity index (χ1v) is 6.93. The number of hydrogen-bond acceptors (Lipinski definition) is 5. The summed E-state index contributed by atoms with van der Waals surface area (Å²) in [5, 5.41) is 13.0. The maximum atomic E-state index is 8.83. The number of nitrogens with one attached hydrogen (secondary N) is 1. The van der Waals surface area contributed by atoms with Crippen molar-refractivity contribution in [3.05, 3.63) is 52.8 Å². The van der Waals surface area contributed by atoms with E-state index < -0.39 is 0 Å². The number of fused-ring (bicyclic) bond motifs is 1. The van der Waals surface area contributed by atoms with Crippen LogP contribution in [0.3, 0.4) is 0 Å². The number of rotatable bonds is 2. The van der Waals surface area contributed by atoms with Crippen molar-refractivity contribution in [2.45, 2.75) is 0 Å². The number of anilines is 3. The molecule has 0 bridgehead atoms. The van der Waals surface area contributed by atoms with Crippen LogP contribution >= 0.6 is 15.9 Å². The van der Waals surface area contributed by atoms with E-state index in [1.54, 1.807) is 12.3 Å². The smallest absolute Gasteiger partial charge is 0.153 e. The second kappa shape index (κ2) is 5.38. The van der Waals surface area contributed by atoms with Gasteiger partial charge in [0.2, 0.25) is 0 Å². The lowest BCUT2D eigenvalue weighted by Gasteiger charge is -2.10. The number of pyridine rings is 2. The number of benzene rings is 1. The van der Waals surface area contributed by atoms with E-state index >= 15 is 0 Å². The zero-order chi connectivity index (χ0) is 14.8. The van der Waals surface area contributed by atoms with Crippen molar-refractivity contribution in [2.24, 2.45) is 0 Å². The standard InChI is InChI=1S/C15H10BrN5/c16-11-5-10-2-1-3-13(14(10)19-8-11)21-15-12(18)4-9(6-17)7-20-15/h1-5,7-8H,18H2,(H,20,21). The zero-order valence-corrected chi connectivity index (χ0v) is 12.4. The van der Waals surface area contributed by atoms with Crippen molar-refractivity contribution >= 4 is 44.0 Å². The Morgan fingerprint density at radius 2 is 2.05 bits per heavy atom.